The molecule has 0 aliphatic rings. The van der Waals surface area contributed by atoms with Crippen molar-refractivity contribution in [3.63, 3.8) is 0 Å². The molecule has 0 aliphatic heterocycles. The first-order valence-electron chi connectivity index (χ1n) is 5.79. The summed E-state index contributed by atoms with van der Waals surface area (Å²) in [6, 6.07) is 6.87. The number of nitrogens with zero attached hydrogens (tertiary/aromatic N) is 1. The molecule has 0 atom stereocenters. The molecule has 1 aromatic carbocycles. The zero-order valence-electron chi connectivity index (χ0n) is 11.6. The van der Waals surface area contributed by atoms with Gasteiger partial charge in [0.25, 0.3) is 0 Å². The summed E-state index contributed by atoms with van der Waals surface area (Å²) in [5, 5.41) is 2.74. The number of nitrogens with one attached hydrogen (secondary N) is 1. The van der Waals surface area contributed by atoms with Crippen LogP contribution < -0.4 is 15.8 Å². The van der Waals surface area contributed by atoms with Gasteiger partial charge in [0, 0.05) is 25.8 Å². The number of carbonyl (C=O) groups is 1. The van der Waals surface area contributed by atoms with Crippen molar-refractivity contribution in [2.24, 2.45) is 5.73 Å². The fourth-order valence-electron chi connectivity index (χ4n) is 1.22. The van der Waals surface area contributed by atoms with Crippen LogP contribution in [0.4, 0.5) is 10.5 Å². The Morgan fingerprint density at radius 3 is 2.58 bits per heavy atom. The van der Waals surface area contributed by atoms with Crippen molar-refractivity contribution in [1.29, 1.82) is 0 Å². The lowest BCUT2D eigenvalue weighted by Gasteiger charge is -2.25. The second-order valence-corrected chi connectivity index (χ2v) is 5.27. The maximum Gasteiger partial charge on any atom is 0.321 e. The van der Waals surface area contributed by atoms with Crippen LogP contribution in [0.15, 0.2) is 24.3 Å². The third kappa shape index (κ3) is 4.40. The van der Waals surface area contributed by atoms with Crippen molar-refractivity contribution >= 4 is 28.9 Å². The van der Waals surface area contributed by atoms with Crippen LogP contribution in [0.1, 0.15) is 13.8 Å². The van der Waals surface area contributed by atoms with E-state index in [0.29, 0.717) is 11.4 Å². The third-order valence-corrected chi connectivity index (χ3v) is 2.95. The molecule has 0 aliphatic carbocycles. The summed E-state index contributed by atoms with van der Waals surface area (Å²) in [5.74, 6) is 0.592. The molecule has 6 heteroatoms. The van der Waals surface area contributed by atoms with Gasteiger partial charge in [-0.25, -0.2) is 4.79 Å². The minimum Gasteiger partial charge on any atom is -0.481 e. The molecular formula is C13H19N3O2S. The highest BCUT2D eigenvalue weighted by Crippen LogP contribution is 2.22. The molecular weight excluding hydrogens is 262 g/mol. The molecule has 0 aromatic heterocycles. The Bertz CT molecular complexity index is 487. The second kappa shape index (κ2) is 5.88. The van der Waals surface area contributed by atoms with E-state index in [2.05, 4.69) is 5.32 Å². The van der Waals surface area contributed by atoms with Gasteiger partial charge >= 0.3 is 6.03 Å². The van der Waals surface area contributed by atoms with Gasteiger partial charge in [-0.05, 0) is 26.0 Å². The van der Waals surface area contributed by atoms with Crippen LogP contribution in [0.25, 0.3) is 0 Å². The zero-order chi connectivity index (χ0) is 14.6. The lowest BCUT2D eigenvalue weighted by molar-refractivity contribution is 0.184. The zero-order valence-corrected chi connectivity index (χ0v) is 12.4. The summed E-state index contributed by atoms with van der Waals surface area (Å²) >= 11 is 4.94. The summed E-state index contributed by atoms with van der Waals surface area (Å²) in [4.78, 5) is 13.3. The van der Waals surface area contributed by atoms with E-state index in [0.717, 1.165) is 0 Å². The molecule has 0 spiro atoms. The van der Waals surface area contributed by atoms with Crippen LogP contribution >= 0.6 is 12.2 Å². The number of hydrogen-bond donors (Lipinski definition) is 2. The highest BCUT2D eigenvalue weighted by Gasteiger charge is 2.23. The lowest BCUT2D eigenvalue weighted by Crippen LogP contribution is -2.42. The molecule has 19 heavy (non-hydrogen) atoms. The topological polar surface area (TPSA) is 67.6 Å². The third-order valence-electron chi connectivity index (χ3n) is 2.46. The fourth-order valence-corrected chi connectivity index (χ4v) is 1.26. The van der Waals surface area contributed by atoms with Crippen molar-refractivity contribution in [1.82, 2.24) is 4.90 Å². The van der Waals surface area contributed by atoms with Crippen LogP contribution in [0.3, 0.4) is 0 Å². The molecule has 0 bridgehead atoms. The Balaban J connectivity index is 2.83. The van der Waals surface area contributed by atoms with Crippen LogP contribution in [-0.2, 0) is 0 Å². The van der Waals surface area contributed by atoms with Crippen molar-refractivity contribution in [2.75, 3.05) is 19.4 Å². The molecule has 0 heterocycles. The van der Waals surface area contributed by atoms with Crippen LogP contribution in [0, 0.1) is 0 Å². The number of thiocarbonyl (C=S) groups is 1. The fraction of sp³-hybridized carbons (Fsp3) is 0.385. The first-order chi connectivity index (χ1) is 8.72. The molecule has 104 valence electrons. The van der Waals surface area contributed by atoms with Gasteiger partial charge in [-0.2, -0.15) is 0 Å². The highest BCUT2D eigenvalue weighted by atomic mass is 32.1. The van der Waals surface area contributed by atoms with E-state index in [-0.39, 0.29) is 11.0 Å². The van der Waals surface area contributed by atoms with Crippen LogP contribution in [-0.4, -0.2) is 35.6 Å². The summed E-state index contributed by atoms with van der Waals surface area (Å²) in [7, 11) is 3.34. The summed E-state index contributed by atoms with van der Waals surface area (Å²) in [6.45, 7) is 3.58. The number of ether oxygens (including phenoxy) is 1. The van der Waals surface area contributed by atoms with E-state index in [1.807, 2.05) is 0 Å². The number of urea groups is 1. The highest BCUT2D eigenvalue weighted by molar-refractivity contribution is 7.80. The number of benzene rings is 1. The molecule has 0 radical (unpaired) electrons. The number of carbonyl (C=O) groups excluding carboxylic acids is 1. The summed E-state index contributed by atoms with van der Waals surface area (Å²) in [5.41, 5.74) is 5.52. The number of anilines is 1. The molecule has 0 unspecified atom stereocenters. The van der Waals surface area contributed by atoms with Gasteiger partial charge in [0.15, 0.2) is 5.60 Å². The average Bonchev–Trinajstić information content (AvgIpc) is 2.28. The summed E-state index contributed by atoms with van der Waals surface area (Å²) < 4.78 is 5.71. The molecule has 2 amide bonds. The van der Waals surface area contributed by atoms with Gasteiger partial charge < -0.3 is 20.7 Å². The monoisotopic (exact) mass is 281 g/mol. The SMILES string of the molecule is CN(C)C(=O)Nc1cccc(OC(C)(C)C(N)=S)c1. The minimum atomic E-state index is -0.737. The second-order valence-electron chi connectivity index (χ2n) is 4.83. The Morgan fingerprint density at radius 1 is 1.42 bits per heavy atom. The van der Waals surface area contributed by atoms with E-state index in [1.165, 1.54) is 4.90 Å². The normalized spacial score (nSPS) is 10.7. The summed E-state index contributed by atoms with van der Waals surface area (Å²) in [6.07, 6.45) is 0. The molecule has 1 aromatic rings. The Morgan fingerprint density at radius 2 is 2.05 bits per heavy atom. The maximum atomic E-state index is 11.6. The van der Waals surface area contributed by atoms with Gasteiger partial charge in [0.1, 0.15) is 10.7 Å². The molecule has 0 saturated heterocycles. The maximum absolute atomic E-state index is 11.6. The standard InChI is InChI=1S/C13H19N3O2S/c1-13(2,11(14)19)18-10-7-5-6-9(8-10)15-12(17)16(3)4/h5-8H,1-4H3,(H2,14,19)(H,15,17). The molecule has 0 fully saturated rings. The van der Waals surface area contributed by atoms with Crippen molar-refractivity contribution < 1.29 is 9.53 Å². The van der Waals surface area contributed by atoms with E-state index in [9.17, 15) is 4.79 Å². The van der Waals surface area contributed by atoms with Gasteiger partial charge in [0.05, 0.1) is 0 Å². The van der Waals surface area contributed by atoms with E-state index >= 15 is 0 Å². The predicted octanol–water partition coefficient (Wildman–Crippen LogP) is 2.22. The first kappa shape index (κ1) is 15.2. The van der Waals surface area contributed by atoms with Crippen molar-refractivity contribution in [3.05, 3.63) is 24.3 Å². The Kier molecular flexibility index (Phi) is 4.72. The van der Waals surface area contributed by atoms with Crippen LogP contribution in [0.5, 0.6) is 5.75 Å². The van der Waals surface area contributed by atoms with E-state index in [1.54, 1.807) is 52.2 Å². The van der Waals surface area contributed by atoms with E-state index in [4.69, 9.17) is 22.7 Å². The Labute approximate surface area is 118 Å². The molecule has 3 N–H and O–H groups in total. The Hall–Kier alpha value is -1.82. The minimum absolute atomic E-state index is 0.203. The number of nitrogens with two attached hydrogens (primary N) is 1. The van der Waals surface area contributed by atoms with Gasteiger partial charge in [0.2, 0.25) is 0 Å². The van der Waals surface area contributed by atoms with Gasteiger partial charge in [-0.15, -0.1) is 0 Å². The van der Waals surface area contributed by atoms with Gasteiger partial charge in [-0.1, -0.05) is 18.3 Å². The van der Waals surface area contributed by atoms with Crippen molar-refractivity contribution in [3.8, 4) is 5.75 Å². The number of rotatable bonds is 4. The lowest BCUT2D eigenvalue weighted by atomic mass is 10.1. The van der Waals surface area contributed by atoms with Crippen LogP contribution in [0.2, 0.25) is 0 Å². The van der Waals surface area contributed by atoms with Gasteiger partial charge in [-0.3, -0.25) is 0 Å². The van der Waals surface area contributed by atoms with E-state index < -0.39 is 5.60 Å². The quantitative estimate of drug-likeness (QED) is 0.830. The molecule has 1 rings (SSSR count). The molecule has 5 nitrogen and oxygen atoms in total. The first-order valence-corrected chi connectivity index (χ1v) is 6.20. The number of amides is 2. The predicted molar refractivity (Wildman–Crippen MR) is 80.6 cm³/mol. The van der Waals surface area contributed by atoms with Crippen molar-refractivity contribution in [2.45, 2.75) is 19.4 Å². The smallest absolute Gasteiger partial charge is 0.321 e. The number of hydrogen-bond acceptors (Lipinski definition) is 3. The molecule has 0 saturated carbocycles. The largest absolute Gasteiger partial charge is 0.481 e. The average molecular weight is 281 g/mol.